The molecule has 7 rings (SSSR count). The summed E-state index contributed by atoms with van der Waals surface area (Å²) >= 11 is 1.70. The lowest BCUT2D eigenvalue weighted by atomic mass is 10.0. The van der Waals surface area contributed by atoms with E-state index in [-0.39, 0.29) is 0 Å². The fraction of sp³-hybridized carbons (Fsp3) is 0.0333. The van der Waals surface area contributed by atoms with Crippen LogP contribution in [-0.4, -0.2) is 25.1 Å². The molecule has 0 atom stereocenters. The van der Waals surface area contributed by atoms with E-state index >= 15 is 0 Å². The second-order valence-electron chi connectivity index (χ2n) is 8.81. The zero-order valence-corrected chi connectivity index (χ0v) is 20.5. The maximum Gasteiger partial charge on any atom is 0.138 e. The van der Waals surface area contributed by atoms with E-state index in [1.165, 1.54) is 11.1 Å². The molecule has 0 amide bonds. The van der Waals surface area contributed by atoms with E-state index in [2.05, 4.69) is 61.3 Å². The van der Waals surface area contributed by atoms with Gasteiger partial charge >= 0.3 is 0 Å². The predicted molar refractivity (Wildman–Crippen MR) is 148 cm³/mol. The highest BCUT2D eigenvalue weighted by Gasteiger charge is 2.16. The van der Waals surface area contributed by atoms with Gasteiger partial charge in [0, 0.05) is 22.7 Å². The van der Waals surface area contributed by atoms with Gasteiger partial charge in [0.1, 0.15) is 23.6 Å². The van der Waals surface area contributed by atoms with E-state index in [1.54, 1.807) is 23.7 Å². The van der Waals surface area contributed by atoms with Crippen molar-refractivity contribution in [1.29, 1.82) is 0 Å². The monoisotopic (exact) mass is 499 g/mol. The van der Waals surface area contributed by atoms with Crippen LogP contribution in [0.5, 0.6) is 5.75 Å². The molecule has 37 heavy (non-hydrogen) atoms. The van der Waals surface area contributed by atoms with Crippen molar-refractivity contribution in [3.05, 3.63) is 108 Å². The van der Waals surface area contributed by atoms with Gasteiger partial charge in [0.25, 0.3) is 0 Å². The third-order valence-corrected chi connectivity index (χ3v) is 7.10. The first kappa shape index (κ1) is 21.5. The van der Waals surface area contributed by atoms with Crippen molar-refractivity contribution in [2.24, 2.45) is 0 Å². The Labute approximate surface area is 216 Å². The number of fused-ring (bicyclic) bond motifs is 2. The van der Waals surface area contributed by atoms with Crippen LogP contribution >= 0.6 is 11.3 Å². The Bertz CT molecular complexity index is 1840. The summed E-state index contributed by atoms with van der Waals surface area (Å²) in [5.41, 5.74) is 9.67. The van der Waals surface area contributed by atoms with Crippen LogP contribution in [0.2, 0.25) is 0 Å². The molecule has 5 heterocycles. The van der Waals surface area contributed by atoms with Crippen LogP contribution in [0, 0.1) is 0 Å². The van der Waals surface area contributed by atoms with Crippen molar-refractivity contribution >= 4 is 33.3 Å². The number of aromatic amines is 2. The fourth-order valence-corrected chi connectivity index (χ4v) is 5.23. The third-order valence-electron chi connectivity index (χ3n) is 6.42. The molecule has 0 fully saturated rings. The molecule has 5 aromatic heterocycles. The zero-order valence-electron chi connectivity index (χ0n) is 19.7. The van der Waals surface area contributed by atoms with Gasteiger partial charge in [-0.15, -0.1) is 0 Å². The molecule has 0 aliphatic heterocycles. The standard InChI is InChI=1S/C30H21N5OS/c1-2-5-19(6-3-1)17-36-22-13-21(15-31-16-22)25-9-10-27-29(33-25)30(35-34-27)28-14-24-23(20-11-12-37-18-20)7-4-8-26(24)32-28/h1-16,18,32H,17H2,(H,34,35). The number of nitrogens with zero attached hydrogens (tertiary/aromatic N) is 3. The first-order valence-electron chi connectivity index (χ1n) is 11.9. The third kappa shape index (κ3) is 4.05. The summed E-state index contributed by atoms with van der Waals surface area (Å²) in [7, 11) is 0. The summed E-state index contributed by atoms with van der Waals surface area (Å²) in [4.78, 5) is 12.9. The minimum Gasteiger partial charge on any atom is -0.487 e. The predicted octanol–water partition coefficient (Wildman–Crippen LogP) is 7.48. The Kier molecular flexibility index (Phi) is 5.26. The normalized spacial score (nSPS) is 11.4. The molecule has 0 saturated carbocycles. The quantitative estimate of drug-likeness (QED) is 0.249. The van der Waals surface area contributed by atoms with E-state index in [4.69, 9.17) is 9.72 Å². The molecule has 178 valence electrons. The molecule has 0 bridgehead atoms. The lowest BCUT2D eigenvalue weighted by Crippen LogP contribution is -1.96. The molecule has 0 unspecified atom stereocenters. The number of thiophene rings is 1. The molecule has 0 saturated heterocycles. The van der Waals surface area contributed by atoms with Crippen molar-refractivity contribution in [3.8, 4) is 39.5 Å². The highest BCUT2D eigenvalue weighted by molar-refractivity contribution is 7.08. The SMILES string of the molecule is c1ccc(COc2cncc(-c3ccc4[nH]nc(-c5cc6c(-c7ccsc7)cccc6[nH]5)c4n3)c2)cc1. The molecular weight excluding hydrogens is 478 g/mol. The largest absolute Gasteiger partial charge is 0.487 e. The summed E-state index contributed by atoms with van der Waals surface area (Å²) in [6.45, 7) is 0.484. The molecule has 0 spiro atoms. The number of pyridine rings is 2. The highest BCUT2D eigenvalue weighted by Crippen LogP contribution is 2.35. The first-order chi connectivity index (χ1) is 18.3. The van der Waals surface area contributed by atoms with Gasteiger partial charge < -0.3 is 9.72 Å². The Morgan fingerprint density at radius 1 is 0.838 bits per heavy atom. The number of aromatic nitrogens is 5. The molecule has 0 radical (unpaired) electrons. The van der Waals surface area contributed by atoms with Crippen LogP contribution in [0.3, 0.4) is 0 Å². The van der Waals surface area contributed by atoms with Crippen molar-refractivity contribution < 1.29 is 4.74 Å². The minimum atomic E-state index is 0.484. The van der Waals surface area contributed by atoms with Crippen LogP contribution in [0.15, 0.2) is 102 Å². The lowest BCUT2D eigenvalue weighted by Gasteiger charge is -2.08. The number of hydrogen-bond donors (Lipinski definition) is 2. The topological polar surface area (TPSA) is 79.5 Å². The molecule has 2 N–H and O–H groups in total. The molecule has 0 aliphatic rings. The summed E-state index contributed by atoms with van der Waals surface area (Å²) in [5, 5.41) is 13.2. The lowest BCUT2D eigenvalue weighted by molar-refractivity contribution is 0.305. The first-order valence-corrected chi connectivity index (χ1v) is 12.9. The van der Waals surface area contributed by atoms with Gasteiger partial charge in [-0.2, -0.15) is 16.4 Å². The van der Waals surface area contributed by atoms with Crippen LogP contribution in [0.25, 0.3) is 55.7 Å². The minimum absolute atomic E-state index is 0.484. The molecule has 6 nitrogen and oxygen atoms in total. The van der Waals surface area contributed by atoms with Gasteiger partial charge in [-0.25, -0.2) is 4.98 Å². The van der Waals surface area contributed by atoms with E-state index in [1.807, 2.05) is 48.5 Å². The Morgan fingerprint density at radius 2 is 1.78 bits per heavy atom. The molecule has 7 aromatic rings. The summed E-state index contributed by atoms with van der Waals surface area (Å²) in [5.74, 6) is 0.701. The van der Waals surface area contributed by atoms with Crippen molar-refractivity contribution in [3.63, 3.8) is 0 Å². The van der Waals surface area contributed by atoms with Crippen molar-refractivity contribution in [1.82, 2.24) is 25.1 Å². The number of nitrogens with one attached hydrogen (secondary N) is 2. The van der Waals surface area contributed by atoms with Crippen LogP contribution in [0.4, 0.5) is 0 Å². The average molecular weight is 500 g/mol. The summed E-state index contributed by atoms with van der Waals surface area (Å²) in [6, 6.07) is 26.7. The van der Waals surface area contributed by atoms with E-state index in [0.29, 0.717) is 12.4 Å². The Hall–Kier alpha value is -4.75. The van der Waals surface area contributed by atoms with Crippen LogP contribution in [0.1, 0.15) is 5.56 Å². The van der Waals surface area contributed by atoms with Gasteiger partial charge in [0.2, 0.25) is 0 Å². The van der Waals surface area contributed by atoms with Gasteiger partial charge in [0.05, 0.1) is 23.1 Å². The van der Waals surface area contributed by atoms with E-state index in [0.717, 1.165) is 50.1 Å². The highest BCUT2D eigenvalue weighted by atomic mass is 32.1. The van der Waals surface area contributed by atoms with Crippen LogP contribution in [-0.2, 0) is 6.61 Å². The number of rotatable bonds is 6. The number of benzene rings is 2. The Balaban J connectivity index is 1.24. The van der Waals surface area contributed by atoms with Crippen molar-refractivity contribution in [2.45, 2.75) is 6.61 Å². The van der Waals surface area contributed by atoms with Gasteiger partial charge in [0.15, 0.2) is 0 Å². The number of hydrogen-bond acceptors (Lipinski definition) is 5. The molecular formula is C30H21N5OS. The maximum absolute atomic E-state index is 5.98. The molecule has 0 aliphatic carbocycles. The van der Waals surface area contributed by atoms with Gasteiger partial charge in [-0.3, -0.25) is 10.1 Å². The number of ether oxygens (including phenoxy) is 1. The fourth-order valence-electron chi connectivity index (χ4n) is 4.58. The smallest absolute Gasteiger partial charge is 0.138 e. The summed E-state index contributed by atoms with van der Waals surface area (Å²) < 4.78 is 5.98. The zero-order chi connectivity index (χ0) is 24.6. The van der Waals surface area contributed by atoms with E-state index < -0.39 is 0 Å². The second-order valence-corrected chi connectivity index (χ2v) is 9.59. The van der Waals surface area contributed by atoms with Crippen molar-refractivity contribution in [2.75, 3.05) is 0 Å². The van der Waals surface area contributed by atoms with E-state index in [9.17, 15) is 0 Å². The average Bonchev–Trinajstić information content (AvgIpc) is 3.71. The maximum atomic E-state index is 5.98. The van der Waals surface area contributed by atoms with Gasteiger partial charge in [-0.05, 0) is 63.8 Å². The van der Waals surface area contributed by atoms with Crippen LogP contribution < -0.4 is 4.74 Å². The Morgan fingerprint density at radius 3 is 2.68 bits per heavy atom. The second kappa shape index (κ2) is 9.04. The number of H-pyrrole nitrogens is 2. The summed E-state index contributed by atoms with van der Waals surface area (Å²) in [6.07, 6.45) is 3.53. The van der Waals surface area contributed by atoms with Gasteiger partial charge in [-0.1, -0.05) is 42.5 Å². The molecule has 2 aromatic carbocycles. The molecule has 7 heteroatoms.